The monoisotopic (exact) mass is 224 g/mol. The Morgan fingerprint density at radius 2 is 2.44 bits per heavy atom. The summed E-state index contributed by atoms with van der Waals surface area (Å²) in [6.07, 6.45) is 5.91. The molecule has 16 heavy (non-hydrogen) atoms. The molecule has 1 rings (SSSR count). The van der Waals surface area contributed by atoms with Crippen LogP contribution < -0.4 is 11.1 Å². The summed E-state index contributed by atoms with van der Waals surface area (Å²) >= 11 is 0. The van der Waals surface area contributed by atoms with Gasteiger partial charge in [-0.25, -0.2) is 0 Å². The molecule has 0 aromatic carbocycles. The topological polar surface area (TPSA) is 72.9 Å². The predicted octanol–water partition coefficient (Wildman–Crippen LogP) is 0.517. The molecular weight excluding hydrogens is 204 g/mol. The third kappa shape index (κ3) is 4.93. The first-order chi connectivity index (χ1) is 7.72. The van der Waals surface area contributed by atoms with Gasteiger partial charge in [-0.2, -0.15) is 5.10 Å². The van der Waals surface area contributed by atoms with Crippen molar-refractivity contribution in [1.29, 1.82) is 0 Å². The summed E-state index contributed by atoms with van der Waals surface area (Å²) in [6, 6.07) is 1.84. The summed E-state index contributed by atoms with van der Waals surface area (Å²) in [5.41, 5.74) is 5.77. The highest BCUT2D eigenvalue weighted by atomic mass is 16.1. The van der Waals surface area contributed by atoms with Gasteiger partial charge in [0.15, 0.2) is 0 Å². The van der Waals surface area contributed by atoms with Gasteiger partial charge in [-0.15, -0.1) is 0 Å². The first kappa shape index (κ1) is 12.7. The fourth-order valence-corrected chi connectivity index (χ4v) is 1.53. The summed E-state index contributed by atoms with van der Waals surface area (Å²) < 4.78 is 1.78. The molecular formula is C11H20N4O. The number of amides is 1. The molecule has 0 aliphatic rings. The lowest BCUT2D eigenvalue weighted by molar-refractivity contribution is -0.121. The third-order valence-electron chi connectivity index (χ3n) is 2.33. The van der Waals surface area contributed by atoms with E-state index >= 15 is 0 Å². The average molecular weight is 224 g/mol. The van der Waals surface area contributed by atoms with Crippen LogP contribution in [0.25, 0.3) is 0 Å². The number of rotatable bonds is 7. The Kier molecular flexibility index (Phi) is 5.56. The summed E-state index contributed by atoms with van der Waals surface area (Å²) in [6.45, 7) is 3.36. The fraction of sp³-hybridized carbons (Fsp3) is 0.636. The lowest BCUT2D eigenvalue weighted by atomic mass is 10.1. The van der Waals surface area contributed by atoms with Crippen LogP contribution in [-0.4, -0.2) is 28.3 Å². The number of nitrogens with zero attached hydrogens (tertiary/aromatic N) is 2. The first-order valence-electron chi connectivity index (χ1n) is 5.72. The molecule has 3 N–H and O–H groups in total. The fourth-order valence-electron chi connectivity index (χ4n) is 1.53. The average Bonchev–Trinajstić information content (AvgIpc) is 2.70. The highest BCUT2D eigenvalue weighted by Gasteiger charge is 2.07. The van der Waals surface area contributed by atoms with Crippen molar-refractivity contribution in [3.8, 4) is 0 Å². The Morgan fingerprint density at radius 1 is 1.62 bits per heavy atom. The SMILES string of the molecule is CCCC(N)CC(=O)NCCn1cccn1. The maximum atomic E-state index is 11.4. The Morgan fingerprint density at radius 3 is 3.06 bits per heavy atom. The zero-order chi connectivity index (χ0) is 11.8. The van der Waals surface area contributed by atoms with Crippen molar-refractivity contribution in [1.82, 2.24) is 15.1 Å². The molecule has 1 unspecified atom stereocenters. The molecule has 0 bridgehead atoms. The van der Waals surface area contributed by atoms with Crippen molar-refractivity contribution in [2.45, 2.75) is 38.8 Å². The van der Waals surface area contributed by atoms with Gasteiger partial charge in [0.05, 0.1) is 6.54 Å². The minimum absolute atomic E-state index is 0.0188. The van der Waals surface area contributed by atoms with Gasteiger partial charge >= 0.3 is 0 Å². The molecule has 0 radical (unpaired) electrons. The zero-order valence-corrected chi connectivity index (χ0v) is 9.72. The van der Waals surface area contributed by atoms with Crippen LogP contribution in [0.2, 0.25) is 0 Å². The highest BCUT2D eigenvalue weighted by molar-refractivity contribution is 5.76. The largest absolute Gasteiger partial charge is 0.354 e. The van der Waals surface area contributed by atoms with E-state index in [1.54, 1.807) is 10.9 Å². The molecule has 1 atom stereocenters. The van der Waals surface area contributed by atoms with E-state index in [9.17, 15) is 4.79 Å². The normalized spacial score (nSPS) is 12.4. The Balaban J connectivity index is 2.10. The Labute approximate surface area is 96.0 Å². The predicted molar refractivity (Wildman–Crippen MR) is 62.7 cm³/mol. The molecule has 0 aliphatic carbocycles. The van der Waals surface area contributed by atoms with E-state index in [-0.39, 0.29) is 11.9 Å². The zero-order valence-electron chi connectivity index (χ0n) is 9.72. The van der Waals surface area contributed by atoms with Gasteiger partial charge in [0.1, 0.15) is 0 Å². The van der Waals surface area contributed by atoms with Crippen LogP contribution in [0, 0.1) is 0 Å². The van der Waals surface area contributed by atoms with Crippen LogP contribution in [0.4, 0.5) is 0 Å². The molecule has 1 amide bonds. The van der Waals surface area contributed by atoms with Gasteiger partial charge in [0.25, 0.3) is 0 Å². The highest BCUT2D eigenvalue weighted by Crippen LogP contribution is 1.97. The number of hydrogen-bond donors (Lipinski definition) is 2. The van der Waals surface area contributed by atoms with Gasteiger partial charge < -0.3 is 11.1 Å². The van der Waals surface area contributed by atoms with Gasteiger partial charge in [-0.05, 0) is 12.5 Å². The Hall–Kier alpha value is -1.36. The maximum absolute atomic E-state index is 11.4. The van der Waals surface area contributed by atoms with Crippen LogP contribution in [-0.2, 0) is 11.3 Å². The van der Waals surface area contributed by atoms with Crippen LogP contribution in [0.15, 0.2) is 18.5 Å². The van der Waals surface area contributed by atoms with E-state index in [2.05, 4.69) is 17.3 Å². The minimum Gasteiger partial charge on any atom is -0.354 e. The van der Waals surface area contributed by atoms with Gasteiger partial charge in [-0.3, -0.25) is 9.48 Å². The van der Waals surface area contributed by atoms with Crippen LogP contribution in [0.5, 0.6) is 0 Å². The molecule has 5 nitrogen and oxygen atoms in total. The maximum Gasteiger partial charge on any atom is 0.221 e. The second kappa shape index (κ2) is 7.00. The van der Waals surface area contributed by atoms with E-state index in [1.807, 2.05) is 12.3 Å². The second-order valence-corrected chi connectivity index (χ2v) is 3.87. The van der Waals surface area contributed by atoms with Crippen molar-refractivity contribution in [2.75, 3.05) is 6.54 Å². The van der Waals surface area contributed by atoms with Crippen LogP contribution >= 0.6 is 0 Å². The molecule has 0 fully saturated rings. The van der Waals surface area contributed by atoms with E-state index in [0.717, 1.165) is 12.8 Å². The number of nitrogens with one attached hydrogen (secondary N) is 1. The quantitative estimate of drug-likeness (QED) is 0.709. The van der Waals surface area contributed by atoms with Crippen molar-refractivity contribution in [3.63, 3.8) is 0 Å². The molecule has 1 heterocycles. The van der Waals surface area contributed by atoms with E-state index in [0.29, 0.717) is 19.5 Å². The number of carbonyl (C=O) groups is 1. The molecule has 90 valence electrons. The Bertz CT molecular complexity index is 297. The molecule has 0 aliphatic heterocycles. The van der Waals surface area contributed by atoms with Gasteiger partial charge in [0, 0.05) is 31.4 Å². The van der Waals surface area contributed by atoms with Crippen LogP contribution in [0.1, 0.15) is 26.2 Å². The number of hydrogen-bond acceptors (Lipinski definition) is 3. The van der Waals surface area contributed by atoms with Crippen molar-refractivity contribution < 1.29 is 4.79 Å². The molecule has 1 aromatic heterocycles. The van der Waals surface area contributed by atoms with Crippen LogP contribution in [0.3, 0.4) is 0 Å². The standard InChI is InChI=1S/C11H20N4O/c1-2-4-10(12)9-11(16)13-6-8-15-7-3-5-14-15/h3,5,7,10H,2,4,6,8-9,12H2,1H3,(H,13,16). The van der Waals surface area contributed by atoms with Gasteiger partial charge in [-0.1, -0.05) is 13.3 Å². The van der Waals surface area contributed by atoms with E-state index < -0.39 is 0 Å². The number of aromatic nitrogens is 2. The second-order valence-electron chi connectivity index (χ2n) is 3.87. The van der Waals surface area contributed by atoms with E-state index in [1.165, 1.54) is 0 Å². The molecule has 5 heteroatoms. The smallest absolute Gasteiger partial charge is 0.221 e. The number of nitrogens with two attached hydrogens (primary N) is 1. The molecule has 1 aromatic rings. The third-order valence-corrected chi connectivity index (χ3v) is 2.33. The molecule has 0 spiro atoms. The first-order valence-corrected chi connectivity index (χ1v) is 5.72. The number of carbonyl (C=O) groups excluding carboxylic acids is 1. The van der Waals surface area contributed by atoms with Crippen molar-refractivity contribution in [2.24, 2.45) is 5.73 Å². The van der Waals surface area contributed by atoms with E-state index in [4.69, 9.17) is 5.73 Å². The molecule has 0 saturated heterocycles. The summed E-state index contributed by atoms with van der Waals surface area (Å²) in [4.78, 5) is 11.4. The molecule has 0 saturated carbocycles. The van der Waals surface area contributed by atoms with Crippen molar-refractivity contribution in [3.05, 3.63) is 18.5 Å². The summed E-state index contributed by atoms with van der Waals surface area (Å²) in [5.74, 6) is 0.0214. The summed E-state index contributed by atoms with van der Waals surface area (Å²) in [7, 11) is 0. The lowest BCUT2D eigenvalue weighted by Gasteiger charge is -2.10. The minimum atomic E-state index is -0.0188. The summed E-state index contributed by atoms with van der Waals surface area (Å²) in [5, 5.41) is 6.87. The van der Waals surface area contributed by atoms with Crippen molar-refractivity contribution >= 4 is 5.91 Å². The van der Waals surface area contributed by atoms with Gasteiger partial charge in [0.2, 0.25) is 5.91 Å². The lowest BCUT2D eigenvalue weighted by Crippen LogP contribution is -2.33.